The Morgan fingerprint density at radius 3 is 0.695 bits per heavy atom. The highest BCUT2D eigenvalue weighted by Gasteiger charge is 2.53. The maximum Gasteiger partial charge on any atom is 0.164 e. The fourth-order valence-corrected chi connectivity index (χ4v) is 17.5. The highest BCUT2D eigenvalue weighted by molar-refractivity contribution is 5.92. The molecule has 20 rings (SSSR count). The number of hydrogen-bond acceptors (Lipinski definition) is 6. The van der Waals surface area contributed by atoms with Gasteiger partial charge in [0.25, 0.3) is 0 Å². The molecule has 3 heterocycles. The summed E-state index contributed by atoms with van der Waals surface area (Å²) < 4.78 is 0. The molecule has 0 bridgehead atoms. The van der Waals surface area contributed by atoms with Crippen LogP contribution in [0.1, 0.15) is 66.8 Å². The first kappa shape index (κ1) is 61.2. The zero-order valence-electron chi connectivity index (χ0n) is 57.1. The van der Waals surface area contributed by atoms with Crippen molar-refractivity contribution in [3.8, 4) is 113 Å². The largest absolute Gasteiger partial charge is 0.256 e. The van der Waals surface area contributed by atoms with Crippen LogP contribution in [0, 0.1) is 0 Å². The van der Waals surface area contributed by atoms with Crippen LogP contribution in [0.25, 0.3) is 113 Å². The average Bonchev–Trinajstić information content (AvgIpc) is 1.53. The van der Waals surface area contributed by atoms with Crippen LogP contribution in [0.4, 0.5) is 0 Å². The molecule has 0 aliphatic heterocycles. The summed E-state index contributed by atoms with van der Waals surface area (Å²) in [5, 5.41) is 0. The average molecular weight is 1340 g/mol. The summed E-state index contributed by atoms with van der Waals surface area (Å²) in [6.45, 7) is 0. The molecule has 0 saturated heterocycles. The Labute approximate surface area is 610 Å². The molecule has 105 heavy (non-hydrogen) atoms. The van der Waals surface area contributed by atoms with E-state index in [0.29, 0.717) is 23.3 Å². The van der Waals surface area contributed by atoms with Crippen LogP contribution in [-0.2, 0) is 16.2 Å². The van der Waals surface area contributed by atoms with E-state index in [0.717, 1.165) is 89.4 Å². The summed E-state index contributed by atoms with van der Waals surface area (Å²) in [4.78, 5) is 31.3. The van der Waals surface area contributed by atoms with Crippen LogP contribution >= 0.6 is 0 Å². The van der Waals surface area contributed by atoms with Crippen molar-refractivity contribution in [2.75, 3.05) is 0 Å². The van der Waals surface area contributed by atoms with E-state index in [-0.39, 0.29) is 0 Å². The molecule has 0 radical (unpaired) electrons. The molecule has 0 atom stereocenters. The van der Waals surface area contributed by atoms with Gasteiger partial charge in [-0.1, -0.05) is 364 Å². The Hall–Kier alpha value is -13.7. The van der Waals surface area contributed by atoms with Crippen LogP contribution in [0.5, 0.6) is 0 Å². The molecular weight excluding hydrogens is 1270 g/mol. The topological polar surface area (TPSA) is 77.3 Å². The molecule has 14 aromatic carbocycles. The van der Waals surface area contributed by atoms with E-state index < -0.39 is 16.2 Å². The summed E-state index contributed by atoms with van der Waals surface area (Å²) in [6.07, 6.45) is 1.88. The SMILES string of the molecule is c1ccc(-c2cc(-c3ccccc3)nc(-c3ccc(C4(c5cc(C6(c7ccc(-c8ccccn8)cc7)c7ccccc7-c7ccccc76)cc(C6(c7ccc(-c8nc(-c9ccccc9)nc(-c9ccccc9)n8)cc7)c7ccccc7-c7ccccc76)c5)c5ccccc5-c5ccccc54)cc3)n2)cc1. The van der Waals surface area contributed by atoms with Crippen molar-refractivity contribution in [3.05, 3.63) is 455 Å². The third kappa shape index (κ3) is 9.64. The third-order valence-electron chi connectivity index (χ3n) is 22.1. The van der Waals surface area contributed by atoms with Crippen LogP contribution in [0.3, 0.4) is 0 Å². The maximum absolute atomic E-state index is 5.39. The Bertz CT molecular complexity index is 5640. The Kier molecular flexibility index (Phi) is 14.5. The van der Waals surface area contributed by atoms with Crippen molar-refractivity contribution in [2.24, 2.45) is 0 Å². The predicted molar refractivity (Wildman–Crippen MR) is 423 cm³/mol. The van der Waals surface area contributed by atoms with Crippen molar-refractivity contribution >= 4 is 0 Å². The Morgan fingerprint density at radius 2 is 0.400 bits per heavy atom. The molecule has 0 amide bonds. The second-order valence-corrected chi connectivity index (χ2v) is 27.5. The van der Waals surface area contributed by atoms with Crippen molar-refractivity contribution in [3.63, 3.8) is 0 Å². The van der Waals surface area contributed by atoms with Gasteiger partial charge in [-0.3, -0.25) is 4.98 Å². The van der Waals surface area contributed by atoms with Gasteiger partial charge in [-0.2, -0.15) is 0 Å². The minimum Gasteiger partial charge on any atom is -0.256 e. The van der Waals surface area contributed by atoms with Gasteiger partial charge in [-0.25, -0.2) is 24.9 Å². The molecule has 6 heteroatoms. The first-order chi connectivity index (χ1) is 52.0. The van der Waals surface area contributed by atoms with Gasteiger partial charge in [0.2, 0.25) is 0 Å². The number of pyridine rings is 1. The van der Waals surface area contributed by atoms with E-state index in [4.69, 9.17) is 29.9 Å². The predicted octanol–water partition coefficient (Wildman–Crippen LogP) is 22.8. The molecule has 0 fully saturated rings. The lowest BCUT2D eigenvalue weighted by Crippen LogP contribution is -2.35. The van der Waals surface area contributed by atoms with Crippen LogP contribution in [0.15, 0.2) is 388 Å². The highest BCUT2D eigenvalue weighted by Crippen LogP contribution is 2.63. The molecule has 6 nitrogen and oxygen atoms in total. The van der Waals surface area contributed by atoms with Gasteiger partial charge in [0.05, 0.1) is 33.3 Å². The Balaban J connectivity index is 0.890. The van der Waals surface area contributed by atoms with Gasteiger partial charge in [0.15, 0.2) is 23.3 Å². The minimum atomic E-state index is -0.929. The lowest BCUT2D eigenvalue weighted by atomic mass is 9.60. The number of aromatic nitrogens is 6. The minimum absolute atomic E-state index is 0.591. The van der Waals surface area contributed by atoms with E-state index in [1.807, 2.05) is 60.8 Å². The molecule has 0 unspecified atom stereocenters. The standard InChI is InChI=1S/C99H64N6/c1-5-27-65(28-6-1)91-64-92(66-29-7-2-8-30-66)102-93(101-91)70-50-56-73(57-51-70)98(86-43-21-15-37-80(86)81-38-16-22-44-87(81)98)76-61-75(97(72-54-48-67(49-55-72)90-47-25-26-60-100-90)84-41-19-13-35-78(84)79-36-14-20-42-85(79)97)62-77(63-76)99(88-45-23-17-39-82(88)83-40-18-24-46-89(83)99)74-58-52-71(53-59-74)96-104-94(68-31-9-3-10-32-68)103-95(105-96)69-33-11-4-12-34-69/h1-64H. The van der Waals surface area contributed by atoms with Gasteiger partial charge < -0.3 is 0 Å². The van der Waals surface area contributed by atoms with E-state index in [1.54, 1.807) is 0 Å². The van der Waals surface area contributed by atoms with Crippen molar-refractivity contribution in [1.29, 1.82) is 0 Å². The Morgan fingerprint density at radius 1 is 0.162 bits per heavy atom. The zero-order chi connectivity index (χ0) is 69.5. The molecule has 0 N–H and O–H groups in total. The van der Waals surface area contributed by atoms with Gasteiger partial charge >= 0.3 is 0 Å². The lowest BCUT2D eigenvalue weighted by Gasteiger charge is -2.41. The number of rotatable bonds is 13. The van der Waals surface area contributed by atoms with Gasteiger partial charge in [-0.15, -0.1) is 0 Å². The quantitative estimate of drug-likeness (QED) is 0.114. The molecule has 3 aliphatic carbocycles. The first-order valence-electron chi connectivity index (χ1n) is 35.9. The second-order valence-electron chi connectivity index (χ2n) is 27.5. The van der Waals surface area contributed by atoms with E-state index >= 15 is 0 Å². The number of benzene rings is 14. The van der Waals surface area contributed by atoms with Gasteiger partial charge in [0.1, 0.15) is 0 Å². The fraction of sp³-hybridized carbons (Fsp3) is 0.0303. The van der Waals surface area contributed by atoms with E-state index in [1.165, 1.54) is 66.8 Å². The molecule has 0 saturated carbocycles. The van der Waals surface area contributed by atoms with Crippen LogP contribution < -0.4 is 0 Å². The van der Waals surface area contributed by atoms with Crippen LogP contribution in [-0.4, -0.2) is 29.9 Å². The van der Waals surface area contributed by atoms with Crippen molar-refractivity contribution < 1.29 is 0 Å². The van der Waals surface area contributed by atoms with Crippen molar-refractivity contribution in [2.45, 2.75) is 16.2 Å². The monoisotopic (exact) mass is 1340 g/mol. The summed E-state index contributed by atoms with van der Waals surface area (Å²) >= 11 is 0. The number of nitrogens with zero attached hydrogens (tertiary/aromatic N) is 6. The summed E-state index contributed by atoms with van der Waals surface area (Å²) in [5.74, 6) is 2.46. The molecule has 3 aliphatic rings. The summed E-state index contributed by atoms with van der Waals surface area (Å²) in [6, 6.07) is 140. The number of hydrogen-bond donors (Lipinski definition) is 0. The molecular formula is C99H64N6. The third-order valence-corrected chi connectivity index (χ3v) is 22.1. The number of fused-ring (bicyclic) bond motifs is 9. The normalized spacial score (nSPS) is 13.6. The fourth-order valence-electron chi connectivity index (χ4n) is 17.5. The second kappa shape index (κ2) is 24.8. The van der Waals surface area contributed by atoms with E-state index in [2.05, 4.69) is 328 Å². The zero-order valence-corrected chi connectivity index (χ0v) is 57.1. The lowest BCUT2D eigenvalue weighted by molar-refractivity contribution is 0.713. The van der Waals surface area contributed by atoms with Gasteiger partial charge in [-0.05, 0) is 118 Å². The van der Waals surface area contributed by atoms with Crippen LogP contribution in [0.2, 0.25) is 0 Å². The summed E-state index contributed by atoms with van der Waals surface area (Å²) in [7, 11) is 0. The molecule has 17 aromatic rings. The highest BCUT2D eigenvalue weighted by atomic mass is 15.0. The molecule has 0 spiro atoms. The maximum atomic E-state index is 5.39. The van der Waals surface area contributed by atoms with Crippen molar-refractivity contribution in [1.82, 2.24) is 29.9 Å². The van der Waals surface area contributed by atoms with E-state index in [9.17, 15) is 0 Å². The summed E-state index contributed by atoms with van der Waals surface area (Å²) in [5.41, 5.74) is 27.8. The van der Waals surface area contributed by atoms with Gasteiger partial charge in [0, 0.05) is 45.1 Å². The smallest absolute Gasteiger partial charge is 0.164 e. The first-order valence-corrected chi connectivity index (χ1v) is 35.9. The molecule has 3 aromatic heterocycles. The molecule has 490 valence electrons.